The summed E-state index contributed by atoms with van der Waals surface area (Å²) in [6, 6.07) is 0.306. The Morgan fingerprint density at radius 1 is 1.08 bits per heavy atom. The molecule has 0 aliphatic carbocycles. The molecule has 0 aromatic carbocycles. The normalized spacial score (nSPS) is 12.3. The van der Waals surface area contributed by atoms with Gasteiger partial charge in [0.1, 0.15) is 0 Å². The van der Waals surface area contributed by atoms with Gasteiger partial charge in [-0.1, -0.05) is 27.7 Å². The summed E-state index contributed by atoms with van der Waals surface area (Å²) in [5.41, 5.74) is 0. The number of hydrogen-bond donors (Lipinski definition) is 0. The summed E-state index contributed by atoms with van der Waals surface area (Å²) >= 11 is 0. The highest BCUT2D eigenvalue weighted by Gasteiger charge is 2.15. The molecule has 0 saturated heterocycles. The Morgan fingerprint density at radius 3 is 1.92 bits per heavy atom. The SMILES string of the molecule is COO/C=N/C(C(C)C)C(C)C. The molecule has 3 nitrogen and oxygen atoms in total. The van der Waals surface area contributed by atoms with Gasteiger partial charge in [0.05, 0.1) is 13.2 Å². The van der Waals surface area contributed by atoms with Gasteiger partial charge in [0.25, 0.3) is 0 Å². The Balaban J connectivity index is 3.95. The first-order valence-corrected chi connectivity index (χ1v) is 4.30. The van der Waals surface area contributed by atoms with E-state index in [2.05, 4.69) is 42.5 Å². The van der Waals surface area contributed by atoms with Crippen molar-refractivity contribution in [2.24, 2.45) is 16.8 Å². The molecule has 0 aromatic heterocycles. The van der Waals surface area contributed by atoms with Gasteiger partial charge in [-0.3, -0.25) is 4.99 Å². The van der Waals surface area contributed by atoms with Gasteiger partial charge in [-0.2, -0.15) is 4.89 Å². The Bertz CT molecular complexity index is 124. The first kappa shape index (κ1) is 11.4. The van der Waals surface area contributed by atoms with Crippen LogP contribution in [-0.2, 0) is 9.78 Å². The maximum atomic E-state index is 4.57. The van der Waals surface area contributed by atoms with Crippen LogP contribution in [0, 0.1) is 11.8 Å². The van der Waals surface area contributed by atoms with E-state index in [9.17, 15) is 0 Å². The highest BCUT2D eigenvalue weighted by atomic mass is 17.2. The van der Waals surface area contributed by atoms with Gasteiger partial charge in [0.2, 0.25) is 6.40 Å². The zero-order chi connectivity index (χ0) is 9.56. The molecule has 0 N–H and O–H groups in total. The standard InChI is InChI=1S/C9H19NO2/c1-7(2)9(8(3)4)10-6-12-11-5/h6-9H,1-5H3/b10-6+. The zero-order valence-corrected chi connectivity index (χ0v) is 8.57. The van der Waals surface area contributed by atoms with E-state index in [1.165, 1.54) is 13.5 Å². The fourth-order valence-corrected chi connectivity index (χ4v) is 1.25. The van der Waals surface area contributed by atoms with Gasteiger partial charge in [-0.25, -0.2) is 0 Å². The van der Waals surface area contributed by atoms with Crippen LogP contribution in [0.25, 0.3) is 0 Å². The first-order valence-electron chi connectivity index (χ1n) is 4.30. The molecule has 3 heteroatoms. The maximum absolute atomic E-state index is 4.57. The van der Waals surface area contributed by atoms with E-state index < -0.39 is 0 Å². The summed E-state index contributed by atoms with van der Waals surface area (Å²) in [5.74, 6) is 1.06. The Kier molecular flexibility index (Phi) is 5.72. The molecule has 0 heterocycles. The zero-order valence-electron chi connectivity index (χ0n) is 8.57. The number of nitrogens with zero attached hydrogens (tertiary/aromatic N) is 1. The molecule has 0 bridgehead atoms. The third-order valence-corrected chi connectivity index (χ3v) is 1.74. The van der Waals surface area contributed by atoms with E-state index in [1.54, 1.807) is 0 Å². The van der Waals surface area contributed by atoms with Crippen LogP contribution < -0.4 is 0 Å². The summed E-state index contributed by atoms with van der Waals surface area (Å²) in [5, 5.41) is 0. The van der Waals surface area contributed by atoms with Gasteiger partial charge in [-0.15, -0.1) is 0 Å². The molecule has 0 spiro atoms. The van der Waals surface area contributed by atoms with Crippen LogP contribution in [0.1, 0.15) is 27.7 Å². The van der Waals surface area contributed by atoms with Crippen molar-refractivity contribution in [1.29, 1.82) is 0 Å². The lowest BCUT2D eigenvalue weighted by Crippen LogP contribution is -2.20. The summed E-state index contributed by atoms with van der Waals surface area (Å²) < 4.78 is 0. The van der Waals surface area contributed by atoms with Crippen molar-refractivity contribution in [1.82, 2.24) is 0 Å². The predicted octanol–water partition coefficient (Wildman–Crippen LogP) is 2.27. The molecule has 0 atom stereocenters. The van der Waals surface area contributed by atoms with Crippen LogP contribution in [0.4, 0.5) is 0 Å². The molecule has 0 aliphatic rings. The topological polar surface area (TPSA) is 30.8 Å². The summed E-state index contributed by atoms with van der Waals surface area (Å²) in [6.07, 6.45) is 1.37. The third kappa shape index (κ3) is 4.34. The van der Waals surface area contributed by atoms with Gasteiger partial charge >= 0.3 is 0 Å². The predicted molar refractivity (Wildman–Crippen MR) is 50.1 cm³/mol. The Hall–Kier alpha value is -0.570. The van der Waals surface area contributed by atoms with E-state index >= 15 is 0 Å². The van der Waals surface area contributed by atoms with Crippen molar-refractivity contribution < 1.29 is 9.78 Å². The number of aliphatic imine (C=N–C) groups is 1. The molecule has 0 aromatic rings. The lowest BCUT2D eigenvalue weighted by molar-refractivity contribution is -0.188. The molecule has 12 heavy (non-hydrogen) atoms. The number of hydrogen-bond acceptors (Lipinski definition) is 3. The fourth-order valence-electron chi connectivity index (χ4n) is 1.25. The highest BCUT2D eigenvalue weighted by Crippen LogP contribution is 2.15. The van der Waals surface area contributed by atoms with Crippen LogP contribution >= 0.6 is 0 Å². The van der Waals surface area contributed by atoms with Gasteiger partial charge in [0.15, 0.2) is 0 Å². The molecule has 0 radical (unpaired) electrons. The van der Waals surface area contributed by atoms with Crippen molar-refractivity contribution in [3.05, 3.63) is 0 Å². The summed E-state index contributed by atoms with van der Waals surface area (Å²) in [4.78, 5) is 13.2. The smallest absolute Gasteiger partial charge is 0.215 e. The third-order valence-electron chi connectivity index (χ3n) is 1.74. The maximum Gasteiger partial charge on any atom is 0.215 e. The van der Waals surface area contributed by atoms with Crippen molar-refractivity contribution in [2.75, 3.05) is 7.11 Å². The van der Waals surface area contributed by atoms with Crippen molar-refractivity contribution in [2.45, 2.75) is 33.7 Å². The molecule has 0 saturated carbocycles. The molecular weight excluding hydrogens is 154 g/mol. The monoisotopic (exact) mass is 173 g/mol. The van der Waals surface area contributed by atoms with E-state index in [0.717, 1.165) is 0 Å². The lowest BCUT2D eigenvalue weighted by atomic mass is 9.94. The largest absolute Gasteiger partial charge is 0.326 e. The molecule has 0 unspecified atom stereocenters. The van der Waals surface area contributed by atoms with Crippen LogP contribution in [-0.4, -0.2) is 19.6 Å². The summed E-state index contributed by atoms with van der Waals surface area (Å²) in [6.45, 7) is 8.59. The van der Waals surface area contributed by atoms with E-state index in [-0.39, 0.29) is 0 Å². The quantitative estimate of drug-likeness (QED) is 0.276. The molecule has 0 fully saturated rings. The molecule has 72 valence electrons. The Morgan fingerprint density at radius 2 is 1.58 bits per heavy atom. The minimum Gasteiger partial charge on any atom is -0.326 e. The average Bonchev–Trinajstić information content (AvgIpc) is 1.96. The van der Waals surface area contributed by atoms with Crippen LogP contribution in [0.3, 0.4) is 0 Å². The van der Waals surface area contributed by atoms with Crippen molar-refractivity contribution in [3.8, 4) is 0 Å². The van der Waals surface area contributed by atoms with Gasteiger partial charge < -0.3 is 4.89 Å². The second-order valence-electron chi connectivity index (χ2n) is 3.50. The molecule has 0 rings (SSSR count). The minimum absolute atomic E-state index is 0.306. The van der Waals surface area contributed by atoms with Crippen molar-refractivity contribution in [3.63, 3.8) is 0 Å². The minimum atomic E-state index is 0.306. The fraction of sp³-hybridized carbons (Fsp3) is 0.889. The highest BCUT2D eigenvalue weighted by molar-refractivity contribution is 5.45. The second kappa shape index (κ2) is 6.00. The molecular formula is C9H19NO2. The average molecular weight is 173 g/mol. The van der Waals surface area contributed by atoms with Gasteiger partial charge in [-0.05, 0) is 11.8 Å². The van der Waals surface area contributed by atoms with E-state index in [4.69, 9.17) is 0 Å². The lowest BCUT2D eigenvalue weighted by Gasteiger charge is -2.19. The van der Waals surface area contributed by atoms with Gasteiger partial charge in [0, 0.05) is 0 Å². The van der Waals surface area contributed by atoms with E-state index in [1.807, 2.05) is 0 Å². The molecule has 0 amide bonds. The molecule has 0 aliphatic heterocycles. The van der Waals surface area contributed by atoms with Crippen LogP contribution in [0.5, 0.6) is 0 Å². The van der Waals surface area contributed by atoms with Crippen LogP contribution in [0.2, 0.25) is 0 Å². The van der Waals surface area contributed by atoms with Crippen LogP contribution in [0.15, 0.2) is 4.99 Å². The van der Waals surface area contributed by atoms with E-state index in [0.29, 0.717) is 17.9 Å². The second-order valence-corrected chi connectivity index (χ2v) is 3.50. The van der Waals surface area contributed by atoms with Crippen molar-refractivity contribution >= 4 is 6.40 Å². The first-order chi connectivity index (χ1) is 5.59. The number of rotatable bonds is 5. The summed E-state index contributed by atoms with van der Waals surface area (Å²) in [7, 11) is 1.46. The Labute approximate surface area is 74.7 Å².